The zero-order chi connectivity index (χ0) is 26.7. The molecule has 2 unspecified atom stereocenters. The van der Waals surface area contributed by atoms with E-state index in [2.05, 4.69) is 0 Å². The summed E-state index contributed by atoms with van der Waals surface area (Å²) in [7, 11) is -2.88. The monoisotopic (exact) mass is 552 g/mol. The van der Waals surface area contributed by atoms with Crippen LogP contribution in [0, 0.1) is 11.6 Å². The number of carboxylic acid groups (broad SMARTS) is 1. The van der Waals surface area contributed by atoms with Crippen LogP contribution in [0.15, 0.2) is 59.5 Å². The van der Waals surface area contributed by atoms with E-state index < -0.39 is 38.8 Å². The molecule has 196 valence electrons. The van der Waals surface area contributed by atoms with Crippen LogP contribution in [-0.4, -0.2) is 32.7 Å². The molecule has 0 spiro atoms. The molecule has 0 fully saturated rings. The molecule has 0 amide bonds. The van der Waals surface area contributed by atoms with Gasteiger partial charge in [0.2, 0.25) is 0 Å². The second-order valence-corrected chi connectivity index (χ2v) is 11.0. The Morgan fingerprint density at radius 2 is 1.92 bits per heavy atom. The van der Waals surface area contributed by atoms with Crippen molar-refractivity contribution in [1.29, 1.82) is 0 Å². The standard InChI is InChI=1S/C26H23ClF2O7S/c1-34-24-13-17(7-8-22(24)29)37(32,33)25-12-16(6-10-26(30)31)36-23-9-5-15(11-18(23)25)35-14-19-20(27)3-2-4-21(19)28/h2-5,7-9,11,13,16,25H,6,10,12,14H2,1H3,(H,30,31). The number of hydrogen-bond acceptors (Lipinski definition) is 6. The van der Waals surface area contributed by atoms with Crippen LogP contribution in [0.4, 0.5) is 8.78 Å². The van der Waals surface area contributed by atoms with Gasteiger partial charge in [0, 0.05) is 30.0 Å². The van der Waals surface area contributed by atoms with Crippen LogP contribution in [0.25, 0.3) is 0 Å². The fraction of sp³-hybridized carbons (Fsp3) is 0.269. The van der Waals surface area contributed by atoms with Gasteiger partial charge in [0.1, 0.15) is 30.0 Å². The number of ether oxygens (including phenoxy) is 3. The smallest absolute Gasteiger partial charge is 0.303 e. The van der Waals surface area contributed by atoms with Gasteiger partial charge in [-0.2, -0.15) is 0 Å². The van der Waals surface area contributed by atoms with Gasteiger partial charge in [0.25, 0.3) is 0 Å². The molecule has 37 heavy (non-hydrogen) atoms. The molecule has 0 aliphatic carbocycles. The van der Waals surface area contributed by atoms with E-state index in [1.807, 2.05) is 0 Å². The Labute approximate surface area is 217 Å². The predicted octanol–water partition coefficient (Wildman–Crippen LogP) is 5.74. The van der Waals surface area contributed by atoms with Crippen LogP contribution in [0.1, 0.15) is 35.6 Å². The Hall–Kier alpha value is -3.37. The maximum absolute atomic E-state index is 14.2. The SMILES string of the molecule is COc1cc(S(=O)(=O)C2CC(CCC(=O)O)Oc3ccc(OCc4c(F)cccc4Cl)cc32)ccc1F. The molecule has 1 aliphatic heterocycles. The summed E-state index contributed by atoms with van der Waals surface area (Å²) < 4.78 is 72.2. The average Bonchev–Trinajstić information content (AvgIpc) is 2.86. The molecule has 3 aromatic carbocycles. The summed E-state index contributed by atoms with van der Waals surface area (Å²) in [5.74, 6) is -2.01. The van der Waals surface area contributed by atoms with Crippen LogP contribution < -0.4 is 14.2 Å². The van der Waals surface area contributed by atoms with E-state index in [1.54, 1.807) is 0 Å². The van der Waals surface area contributed by atoms with E-state index in [0.29, 0.717) is 0 Å². The number of carboxylic acids is 1. The van der Waals surface area contributed by atoms with E-state index in [4.69, 9.17) is 30.9 Å². The molecule has 0 aromatic heterocycles. The minimum absolute atomic E-state index is 0.0368. The summed E-state index contributed by atoms with van der Waals surface area (Å²) in [6, 6.07) is 12.1. The number of aliphatic carboxylic acids is 1. The van der Waals surface area contributed by atoms with Gasteiger partial charge in [0.15, 0.2) is 21.4 Å². The van der Waals surface area contributed by atoms with Crippen molar-refractivity contribution in [3.63, 3.8) is 0 Å². The first kappa shape index (κ1) is 26.7. The summed E-state index contributed by atoms with van der Waals surface area (Å²) >= 11 is 6.07. The largest absolute Gasteiger partial charge is 0.494 e. The van der Waals surface area contributed by atoms with Crippen molar-refractivity contribution < 1.29 is 41.3 Å². The Morgan fingerprint density at radius 1 is 1.14 bits per heavy atom. The molecule has 2 atom stereocenters. The lowest BCUT2D eigenvalue weighted by Gasteiger charge is -2.32. The highest BCUT2D eigenvalue weighted by Crippen LogP contribution is 2.45. The van der Waals surface area contributed by atoms with E-state index in [-0.39, 0.29) is 64.2 Å². The number of carbonyl (C=O) groups is 1. The summed E-state index contributed by atoms with van der Waals surface area (Å²) in [5, 5.41) is 8.12. The Bertz CT molecular complexity index is 1410. The van der Waals surface area contributed by atoms with Crippen molar-refractivity contribution in [3.8, 4) is 17.2 Å². The predicted molar refractivity (Wildman–Crippen MR) is 131 cm³/mol. The lowest BCUT2D eigenvalue weighted by Crippen LogP contribution is -2.30. The van der Waals surface area contributed by atoms with Gasteiger partial charge in [-0.05, 0) is 48.9 Å². The third-order valence-corrected chi connectivity index (χ3v) is 8.51. The van der Waals surface area contributed by atoms with Crippen molar-refractivity contribution in [1.82, 2.24) is 0 Å². The topological polar surface area (TPSA) is 99.1 Å². The van der Waals surface area contributed by atoms with Crippen molar-refractivity contribution in [2.75, 3.05) is 7.11 Å². The van der Waals surface area contributed by atoms with Crippen LogP contribution in [-0.2, 0) is 21.2 Å². The third kappa shape index (κ3) is 5.80. The Morgan fingerprint density at radius 3 is 2.62 bits per heavy atom. The number of sulfone groups is 1. The lowest BCUT2D eigenvalue weighted by atomic mass is 9.98. The Kier molecular flexibility index (Phi) is 7.89. The van der Waals surface area contributed by atoms with Crippen molar-refractivity contribution in [2.45, 2.75) is 42.1 Å². The minimum Gasteiger partial charge on any atom is -0.494 e. The molecule has 0 bridgehead atoms. The number of hydrogen-bond donors (Lipinski definition) is 1. The van der Waals surface area contributed by atoms with E-state index in [1.165, 1.54) is 43.5 Å². The number of methoxy groups -OCH3 is 1. The number of halogens is 3. The minimum atomic E-state index is -4.10. The third-order valence-electron chi connectivity index (χ3n) is 6.05. The van der Waals surface area contributed by atoms with Crippen LogP contribution >= 0.6 is 11.6 Å². The van der Waals surface area contributed by atoms with Crippen LogP contribution in [0.2, 0.25) is 5.02 Å². The average molecular weight is 553 g/mol. The fourth-order valence-electron chi connectivity index (χ4n) is 4.13. The first-order chi connectivity index (χ1) is 17.6. The molecule has 1 aliphatic rings. The molecule has 1 N–H and O–H groups in total. The lowest BCUT2D eigenvalue weighted by molar-refractivity contribution is -0.137. The number of benzene rings is 3. The molecule has 11 heteroatoms. The maximum Gasteiger partial charge on any atom is 0.303 e. The normalized spacial score (nSPS) is 17.0. The molecule has 0 saturated carbocycles. The van der Waals surface area contributed by atoms with Crippen LogP contribution in [0.3, 0.4) is 0 Å². The van der Waals surface area contributed by atoms with Gasteiger partial charge in [-0.25, -0.2) is 17.2 Å². The zero-order valence-electron chi connectivity index (χ0n) is 19.6. The van der Waals surface area contributed by atoms with E-state index >= 15 is 0 Å². The fourth-order valence-corrected chi connectivity index (χ4v) is 6.19. The van der Waals surface area contributed by atoms with Crippen LogP contribution in [0.5, 0.6) is 17.2 Å². The van der Waals surface area contributed by atoms with Gasteiger partial charge in [-0.3, -0.25) is 4.79 Å². The molecule has 7 nitrogen and oxygen atoms in total. The first-order valence-electron chi connectivity index (χ1n) is 11.3. The molecule has 0 saturated heterocycles. The highest BCUT2D eigenvalue weighted by atomic mass is 35.5. The van der Waals surface area contributed by atoms with Crippen molar-refractivity contribution >= 4 is 27.4 Å². The van der Waals surface area contributed by atoms with Gasteiger partial charge in [-0.15, -0.1) is 0 Å². The number of rotatable bonds is 9. The number of fused-ring (bicyclic) bond motifs is 1. The molecule has 4 rings (SSSR count). The highest BCUT2D eigenvalue weighted by molar-refractivity contribution is 7.91. The highest BCUT2D eigenvalue weighted by Gasteiger charge is 2.38. The molecular weight excluding hydrogens is 530 g/mol. The van der Waals surface area contributed by atoms with Gasteiger partial charge >= 0.3 is 5.97 Å². The first-order valence-corrected chi connectivity index (χ1v) is 13.2. The Balaban J connectivity index is 1.70. The zero-order valence-corrected chi connectivity index (χ0v) is 21.2. The van der Waals surface area contributed by atoms with E-state index in [9.17, 15) is 22.0 Å². The second-order valence-electron chi connectivity index (χ2n) is 8.43. The summed E-state index contributed by atoms with van der Waals surface area (Å²) in [4.78, 5) is 10.9. The van der Waals surface area contributed by atoms with Crippen molar-refractivity contribution in [3.05, 3.63) is 82.4 Å². The molecular formula is C26H23ClF2O7S. The van der Waals surface area contributed by atoms with Gasteiger partial charge < -0.3 is 19.3 Å². The van der Waals surface area contributed by atoms with E-state index in [0.717, 1.165) is 18.2 Å². The van der Waals surface area contributed by atoms with Gasteiger partial charge in [0.05, 0.1) is 22.3 Å². The van der Waals surface area contributed by atoms with Gasteiger partial charge in [-0.1, -0.05) is 17.7 Å². The molecule has 3 aromatic rings. The summed E-state index contributed by atoms with van der Waals surface area (Å²) in [6.45, 7) is -0.195. The quantitative estimate of drug-likeness (QED) is 0.338. The second kappa shape index (κ2) is 10.9. The summed E-state index contributed by atoms with van der Waals surface area (Å²) in [6.07, 6.45) is -0.834. The van der Waals surface area contributed by atoms with Crippen molar-refractivity contribution in [2.24, 2.45) is 0 Å². The maximum atomic E-state index is 14.2. The molecule has 0 radical (unpaired) electrons. The summed E-state index contributed by atoms with van der Waals surface area (Å²) in [5.41, 5.74) is 0.432. The molecule has 1 heterocycles.